The van der Waals surface area contributed by atoms with E-state index in [9.17, 15) is 9.59 Å². The van der Waals surface area contributed by atoms with E-state index in [0.29, 0.717) is 14.9 Å². The summed E-state index contributed by atoms with van der Waals surface area (Å²) in [4.78, 5) is 24.0. The van der Waals surface area contributed by atoms with Gasteiger partial charge in [-0.05, 0) is 43.9 Å². The van der Waals surface area contributed by atoms with Crippen molar-refractivity contribution in [2.75, 3.05) is 0 Å². The van der Waals surface area contributed by atoms with Crippen LogP contribution in [-0.4, -0.2) is 28.3 Å². The number of hydrogen-bond donors (Lipinski definition) is 2. The SMILES string of the molecule is CC(Sc1cc(Cl)ccc1Cl)C(=O)NC(C(=O)O)C1CC1. The predicted molar refractivity (Wildman–Crippen MR) is 84.1 cm³/mol. The Morgan fingerprint density at radius 1 is 1.38 bits per heavy atom. The molecule has 0 aromatic heterocycles. The monoisotopic (exact) mass is 347 g/mol. The predicted octanol–water partition coefficient (Wildman–Crippen LogP) is 3.45. The van der Waals surface area contributed by atoms with Crippen LogP contribution in [0.2, 0.25) is 10.0 Å². The summed E-state index contributed by atoms with van der Waals surface area (Å²) in [7, 11) is 0. The molecule has 1 amide bonds. The molecule has 1 aromatic carbocycles. The summed E-state index contributed by atoms with van der Waals surface area (Å²) in [6, 6.07) is 4.23. The van der Waals surface area contributed by atoms with Gasteiger partial charge in [-0.1, -0.05) is 23.2 Å². The molecule has 2 rings (SSSR count). The van der Waals surface area contributed by atoms with Gasteiger partial charge in [-0.15, -0.1) is 11.8 Å². The number of carbonyl (C=O) groups excluding carboxylic acids is 1. The van der Waals surface area contributed by atoms with Gasteiger partial charge in [0.2, 0.25) is 5.91 Å². The lowest BCUT2D eigenvalue weighted by Crippen LogP contribution is -2.45. The highest BCUT2D eigenvalue weighted by atomic mass is 35.5. The van der Waals surface area contributed by atoms with E-state index in [1.54, 1.807) is 25.1 Å². The number of carboxylic acids is 1. The number of hydrogen-bond acceptors (Lipinski definition) is 3. The number of carboxylic acid groups (broad SMARTS) is 1. The van der Waals surface area contributed by atoms with Crippen LogP contribution in [0.3, 0.4) is 0 Å². The molecule has 4 nitrogen and oxygen atoms in total. The van der Waals surface area contributed by atoms with Gasteiger partial charge < -0.3 is 10.4 Å². The molecule has 114 valence electrons. The van der Waals surface area contributed by atoms with Gasteiger partial charge in [0.1, 0.15) is 6.04 Å². The molecule has 1 aliphatic rings. The highest BCUT2D eigenvalue weighted by molar-refractivity contribution is 8.00. The van der Waals surface area contributed by atoms with Crippen LogP contribution in [0.5, 0.6) is 0 Å². The summed E-state index contributed by atoms with van der Waals surface area (Å²) < 4.78 is 0. The van der Waals surface area contributed by atoms with Crippen LogP contribution in [0.4, 0.5) is 0 Å². The molecule has 1 saturated carbocycles. The molecule has 0 radical (unpaired) electrons. The molecule has 0 heterocycles. The van der Waals surface area contributed by atoms with Crippen LogP contribution >= 0.6 is 35.0 Å². The number of thioether (sulfide) groups is 1. The van der Waals surface area contributed by atoms with Crippen molar-refractivity contribution in [1.82, 2.24) is 5.32 Å². The van der Waals surface area contributed by atoms with Crippen LogP contribution in [0, 0.1) is 5.92 Å². The lowest BCUT2D eigenvalue weighted by atomic mass is 10.2. The average molecular weight is 348 g/mol. The van der Waals surface area contributed by atoms with Gasteiger partial charge in [0, 0.05) is 9.92 Å². The second-order valence-electron chi connectivity index (χ2n) is 5.00. The molecule has 0 aliphatic heterocycles. The van der Waals surface area contributed by atoms with Crippen molar-refractivity contribution >= 4 is 46.8 Å². The number of aliphatic carboxylic acids is 1. The van der Waals surface area contributed by atoms with Gasteiger partial charge in [0.15, 0.2) is 0 Å². The van der Waals surface area contributed by atoms with Crippen LogP contribution < -0.4 is 5.32 Å². The van der Waals surface area contributed by atoms with Gasteiger partial charge in [0.25, 0.3) is 0 Å². The second-order valence-corrected chi connectivity index (χ2v) is 7.22. The first kappa shape index (κ1) is 16.5. The summed E-state index contributed by atoms with van der Waals surface area (Å²) in [6.07, 6.45) is 1.69. The molecule has 0 spiro atoms. The third-order valence-electron chi connectivity index (χ3n) is 3.22. The molecule has 2 atom stereocenters. The molecule has 21 heavy (non-hydrogen) atoms. The number of rotatable bonds is 6. The zero-order chi connectivity index (χ0) is 15.6. The zero-order valence-electron chi connectivity index (χ0n) is 11.3. The summed E-state index contributed by atoms with van der Waals surface area (Å²) in [6.45, 7) is 1.71. The molecule has 1 fully saturated rings. The normalized spacial score (nSPS) is 17.1. The van der Waals surface area contributed by atoms with E-state index in [1.165, 1.54) is 11.8 Å². The first-order valence-corrected chi connectivity index (χ1v) is 8.17. The van der Waals surface area contributed by atoms with Crippen molar-refractivity contribution in [2.24, 2.45) is 5.92 Å². The summed E-state index contributed by atoms with van der Waals surface area (Å²) in [5.41, 5.74) is 0. The number of amides is 1. The minimum Gasteiger partial charge on any atom is -0.480 e. The van der Waals surface area contributed by atoms with Crippen LogP contribution in [0.1, 0.15) is 19.8 Å². The molecule has 7 heteroatoms. The molecule has 1 aromatic rings. The van der Waals surface area contributed by atoms with Gasteiger partial charge in [-0.2, -0.15) is 0 Å². The van der Waals surface area contributed by atoms with Crippen LogP contribution in [0.15, 0.2) is 23.1 Å². The van der Waals surface area contributed by atoms with E-state index < -0.39 is 17.3 Å². The third-order valence-corrected chi connectivity index (χ3v) is 5.06. The lowest BCUT2D eigenvalue weighted by Gasteiger charge is -2.17. The maximum absolute atomic E-state index is 12.1. The Morgan fingerprint density at radius 2 is 2.05 bits per heavy atom. The summed E-state index contributed by atoms with van der Waals surface area (Å²) in [5, 5.41) is 12.3. The number of nitrogens with one attached hydrogen (secondary N) is 1. The molecule has 0 bridgehead atoms. The fraction of sp³-hybridized carbons (Fsp3) is 0.429. The number of benzene rings is 1. The maximum atomic E-state index is 12.1. The molecule has 0 saturated heterocycles. The first-order chi connectivity index (χ1) is 9.88. The van der Waals surface area contributed by atoms with Crippen molar-refractivity contribution in [3.63, 3.8) is 0 Å². The quantitative estimate of drug-likeness (QED) is 0.773. The molecule has 2 unspecified atom stereocenters. The van der Waals surface area contributed by atoms with Gasteiger partial charge in [-0.25, -0.2) is 4.79 Å². The van der Waals surface area contributed by atoms with Crippen LogP contribution in [-0.2, 0) is 9.59 Å². The Kier molecular flexibility index (Phi) is 5.41. The third kappa shape index (κ3) is 4.53. The van der Waals surface area contributed by atoms with Crippen molar-refractivity contribution in [3.05, 3.63) is 28.2 Å². The van der Waals surface area contributed by atoms with Crippen molar-refractivity contribution in [1.29, 1.82) is 0 Å². The number of carbonyl (C=O) groups is 2. The second kappa shape index (κ2) is 6.90. The topological polar surface area (TPSA) is 66.4 Å². The van der Waals surface area contributed by atoms with Gasteiger partial charge in [-0.3, -0.25) is 4.79 Å². The van der Waals surface area contributed by atoms with E-state index in [0.717, 1.165) is 12.8 Å². The Balaban J connectivity index is 1.98. The Hall–Kier alpha value is -0.910. The zero-order valence-corrected chi connectivity index (χ0v) is 13.6. The molecular weight excluding hydrogens is 333 g/mol. The Morgan fingerprint density at radius 3 is 2.62 bits per heavy atom. The van der Waals surface area contributed by atoms with E-state index in [-0.39, 0.29) is 11.8 Å². The first-order valence-electron chi connectivity index (χ1n) is 6.53. The molecule has 1 aliphatic carbocycles. The number of halogens is 2. The fourth-order valence-electron chi connectivity index (χ4n) is 1.89. The summed E-state index contributed by atoms with van der Waals surface area (Å²) >= 11 is 13.2. The average Bonchev–Trinajstić information content (AvgIpc) is 3.23. The van der Waals surface area contributed by atoms with Crippen molar-refractivity contribution in [3.8, 4) is 0 Å². The standard InChI is InChI=1S/C14H15Cl2NO3S/c1-7(21-11-6-9(15)4-5-10(11)16)13(18)17-12(14(19)20)8-2-3-8/h4-8,12H,2-3H2,1H3,(H,17,18)(H,19,20). The van der Waals surface area contributed by atoms with Crippen molar-refractivity contribution < 1.29 is 14.7 Å². The smallest absolute Gasteiger partial charge is 0.326 e. The van der Waals surface area contributed by atoms with Crippen LogP contribution in [0.25, 0.3) is 0 Å². The van der Waals surface area contributed by atoms with E-state index in [2.05, 4.69) is 5.32 Å². The van der Waals surface area contributed by atoms with Crippen molar-refractivity contribution in [2.45, 2.75) is 36.0 Å². The maximum Gasteiger partial charge on any atom is 0.326 e. The summed E-state index contributed by atoms with van der Waals surface area (Å²) in [5.74, 6) is -1.24. The Bertz CT molecular complexity index is 563. The molecule has 2 N–H and O–H groups in total. The lowest BCUT2D eigenvalue weighted by molar-refractivity contribution is -0.142. The molecular formula is C14H15Cl2NO3S. The highest BCUT2D eigenvalue weighted by Crippen LogP contribution is 2.34. The Labute approximate surface area is 137 Å². The van der Waals surface area contributed by atoms with E-state index in [4.69, 9.17) is 28.3 Å². The minimum atomic E-state index is -0.983. The van der Waals surface area contributed by atoms with Gasteiger partial charge in [0.05, 0.1) is 10.3 Å². The van der Waals surface area contributed by atoms with E-state index in [1.807, 2.05) is 0 Å². The van der Waals surface area contributed by atoms with E-state index >= 15 is 0 Å². The minimum absolute atomic E-state index is 0.0541. The largest absolute Gasteiger partial charge is 0.480 e. The fourth-order valence-corrected chi connectivity index (χ4v) is 3.31. The highest BCUT2D eigenvalue weighted by Gasteiger charge is 2.37. The van der Waals surface area contributed by atoms with Gasteiger partial charge >= 0.3 is 5.97 Å².